The van der Waals surface area contributed by atoms with Crippen molar-refractivity contribution in [1.82, 2.24) is 19.6 Å². The first kappa shape index (κ1) is 21.2. The predicted molar refractivity (Wildman–Crippen MR) is 126 cm³/mol. The Labute approximate surface area is 191 Å². The van der Waals surface area contributed by atoms with Crippen LogP contribution in [0, 0.1) is 23.1 Å². The lowest BCUT2D eigenvalue weighted by atomic mass is 9.86. The molecule has 0 bridgehead atoms. The maximum absolute atomic E-state index is 14.4. The number of fused-ring (bicyclic) bond motifs is 1. The van der Waals surface area contributed by atoms with Crippen LogP contribution in [-0.2, 0) is 7.05 Å². The highest BCUT2D eigenvalue weighted by atomic mass is 19.1. The summed E-state index contributed by atoms with van der Waals surface area (Å²) in [5, 5.41) is 22.8. The molecule has 1 fully saturated rings. The molecule has 0 saturated heterocycles. The van der Waals surface area contributed by atoms with Crippen LogP contribution in [0.15, 0.2) is 48.7 Å². The lowest BCUT2D eigenvalue weighted by molar-refractivity contribution is 0.335. The van der Waals surface area contributed by atoms with Crippen molar-refractivity contribution in [1.29, 1.82) is 5.26 Å². The van der Waals surface area contributed by atoms with Gasteiger partial charge in [-0.15, -0.1) is 5.10 Å². The number of aromatic nitrogens is 4. The summed E-state index contributed by atoms with van der Waals surface area (Å²) in [6.07, 6.45) is 6.37. The molecule has 2 aromatic heterocycles. The summed E-state index contributed by atoms with van der Waals surface area (Å²) in [7, 11) is 1.89. The Hall–Kier alpha value is -3.70. The van der Waals surface area contributed by atoms with Gasteiger partial charge in [0, 0.05) is 42.8 Å². The molecular weight excluding hydrogens is 417 g/mol. The molecule has 0 amide bonds. The number of nitrogens with two attached hydrogens (primary N) is 1. The maximum atomic E-state index is 14.4. The Morgan fingerprint density at radius 1 is 1.18 bits per heavy atom. The Morgan fingerprint density at radius 2 is 2.06 bits per heavy atom. The largest absolute Gasteiger partial charge is 0.368 e. The number of nitrogens with one attached hydrogen (secondary N) is 1. The van der Waals surface area contributed by atoms with Crippen LogP contribution < -0.4 is 11.1 Å². The van der Waals surface area contributed by atoms with E-state index in [1.54, 1.807) is 10.7 Å². The number of aryl methyl sites for hydroxylation is 1. The molecule has 33 heavy (non-hydrogen) atoms. The molecule has 2 heterocycles. The summed E-state index contributed by atoms with van der Waals surface area (Å²) in [4.78, 5) is 0. The van der Waals surface area contributed by atoms with Crippen LogP contribution in [0.25, 0.3) is 27.8 Å². The molecule has 0 radical (unpaired) electrons. The van der Waals surface area contributed by atoms with Crippen LogP contribution in [0.2, 0.25) is 0 Å². The molecule has 168 valence electrons. The van der Waals surface area contributed by atoms with Crippen LogP contribution in [-0.4, -0.2) is 32.1 Å². The number of halogens is 1. The van der Waals surface area contributed by atoms with Gasteiger partial charge in [-0.05, 0) is 55.5 Å². The third-order valence-corrected chi connectivity index (χ3v) is 6.34. The zero-order valence-corrected chi connectivity index (χ0v) is 18.5. The summed E-state index contributed by atoms with van der Waals surface area (Å²) >= 11 is 0. The van der Waals surface area contributed by atoms with E-state index in [9.17, 15) is 4.39 Å². The quantitative estimate of drug-likeness (QED) is 0.477. The maximum Gasteiger partial charge on any atom is 0.149 e. The number of nitrogens with zero attached hydrogens (tertiary/aromatic N) is 5. The first-order chi connectivity index (χ1) is 16.0. The molecule has 1 saturated carbocycles. The second-order valence-corrected chi connectivity index (χ2v) is 8.85. The van der Waals surface area contributed by atoms with Gasteiger partial charge in [-0.2, -0.15) is 10.4 Å². The summed E-state index contributed by atoms with van der Waals surface area (Å²) in [6.45, 7) is 0.799. The second kappa shape index (κ2) is 8.68. The summed E-state index contributed by atoms with van der Waals surface area (Å²) in [5.74, 6) is 0.692. The highest BCUT2D eigenvalue weighted by Crippen LogP contribution is 2.30. The molecule has 7 nitrogen and oxygen atoms in total. The van der Waals surface area contributed by atoms with Crippen LogP contribution in [0.3, 0.4) is 0 Å². The average Bonchev–Trinajstić information content (AvgIpc) is 3.40. The van der Waals surface area contributed by atoms with Gasteiger partial charge >= 0.3 is 0 Å². The van der Waals surface area contributed by atoms with Crippen molar-refractivity contribution < 1.29 is 4.39 Å². The van der Waals surface area contributed by atoms with E-state index in [-0.39, 0.29) is 11.6 Å². The van der Waals surface area contributed by atoms with Crippen molar-refractivity contribution >= 4 is 16.7 Å². The van der Waals surface area contributed by atoms with Gasteiger partial charge in [-0.1, -0.05) is 12.5 Å². The molecule has 8 heteroatoms. The second-order valence-electron chi connectivity index (χ2n) is 8.85. The lowest BCUT2D eigenvalue weighted by Gasteiger charge is -2.26. The number of benzene rings is 2. The smallest absolute Gasteiger partial charge is 0.149 e. The van der Waals surface area contributed by atoms with E-state index in [1.807, 2.05) is 48.3 Å². The van der Waals surface area contributed by atoms with Crippen LogP contribution in [0.5, 0.6) is 0 Å². The Balaban J connectivity index is 1.52. The summed E-state index contributed by atoms with van der Waals surface area (Å²) < 4.78 is 18.0. The Morgan fingerprint density at radius 3 is 2.85 bits per heavy atom. The fourth-order valence-electron chi connectivity index (χ4n) is 4.67. The van der Waals surface area contributed by atoms with Gasteiger partial charge < -0.3 is 11.1 Å². The molecule has 0 spiro atoms. The van der Waals surface area contributed by atoms with E-state index >= 15 is 0 Å². The predicted octanol–water partition coefficient (Wildman–Crippen LogP) is 4.37. The van der Waals surface area contributed by atoms with E-state index in [1.165, 1.54) is 12.1 Å². The fraction of sp³-hybridized carbons (Fsp3) is 0.320. The Kier molecular flexibility index (Phi) is 5.56. The third kappa shape index (κ3) is 4.32. The number of anilines is 1. The van der Waals surface area contributed by atoms with Gasteiger partial charge in [-0.25, -0.2) is 9.07 Å². The van der Waals surface area contributed by atoms with E-state index < -0.39 is 5.82 Å². The van der Waals surface area contributed by atoms with Gasteiger partial charge in [0.25, 0.3) is 0 Å². The number of nitriles is 1. The SMILES string of the molecule is Cn1cc2cc(-n3nc(NC[C@@H]4CCC[C@@H](N)C4)cc3-c3ccc(C#N)c(F)c3)ccc2n1. The van der Waals surface area contributed by atoms with Crippen molar-refractivity contribution in [3.63, 3.8) is 0 Å². The topological polar surface area (TPSA) is 97.5 Å². The van der Waals surface area contributed by atoms with Gasteiger partial charge in [0.05, 0.1) is 22.5 Å². The monoisotopic (exact) mass is 443 g/mol. The van der Waals surface area contributed by atoms with Crippen molar-refractivity contribution in [2.75, 3.05) is 11.9 Å². The molecule has 1 aliphatic rings. The van der Waals surface area contributed by atoms with Gasteiger partial charge in [0.2, 0.25) is 0 Å². The minimum absolute atomic E-state index is 0.0218. The van der Waals surface area contributed by atoms with E-state index in [0.717, 1.165) is 60.3 Å². The first-order valence-corrected chi connectivity index (χ1v) is 11.2. The summed E-state index contributed by atoms with van der Waals surface area (Å²) in [6, 6.07) is 14.6. The molecule has 2 atom stereocenters. The number of hydrogen-bond acceptors (Lipinski definition) is 5. The molecule has 0 unspecified atom stereocenters. The van der Waals surface area contributed by atoms with Crippen LogP contribution >= 0.6 is 0 Å². The number of rotatable bonds is 5. The summed E-state index contributed by atoms with van der Waals surface area (Å²) in [5.41, 5.74) is 9.30. The first-order valence-electron chi connectivity index (χ1n) is 11.2. The van der Waals surface area contributed by atoms with Crippen molar-refractivity contribution in [3.8, 4) is 23.0 Å². The molecule has 5 rings (SSSR count). The van der Waals surface area contributed by atoms with E-state index in [2.05, 4.69) is 10.4 Å². The molecular formula is C25H26FN7. The Bertz CT molecular complexity index is 1350. The van der Waals surface area contributed by atoms with Gasteiger partial charge in [0.15, 0.2) is 0 Å². The normalized spacial score (nSPS) is 18.4. The third-order valence-electron chi connectivity index (χ3n) is 6.34. The molecule has 3 N–H and O–H groups in total. The van der Waals surface area contributed by atoms with Crippen molar-refractivity contribution in [2.45, 2.75) is 31.7 Å². The lowest BCUT2D eigenvalue weighted by Crippen LogP contribution is -2.31. The fourth-order valence-corrected chi connectivity index (χ4v) is 4.67. The van der Waals surface area contributed by atoms with Crippen LogP contribution in [0.1, 0.15) is 31.2 Å². The highest BCUT2D eigenvalue weighted by molar-refractivity contribution is 5.81. The standard InChI is InChI=1S/C25H26FN7/c1-32-15-19-10-21(7-8-23(19)30-32)33-24(17-5-6-18(13-27)22(26)11-17)12-25(31-33)29-14-16-3-2-4-20(28)9-16/h5-8,10-12,15-16,20H,2-4,9,14,28H2,1H3,(H,29,31)/t16-,20-/m1/s1. The number of hydrogen-bond donors (Lipinski definition) is 2. The van der Waals surface area contributed by atoms with Gasteiger partial charge in [-0.3, -0.25) is 4.68 Å². The van der Waals surface area contributed by atoms with E-state index in [0.29, 0.717) is 11.5 Å². The molecule has 0 aliphatic heterocycles. The molecule has 1 aliphatic carbocycles. The molecule has 2 aromatic carbocycles. The van der Waals surface area contributed by atoms with Crippen LogP contribution in [0.4, 0.5) is 10.2 Å². The molecule has 4 aromatic rings. The minimum atomic E-state index is -0.545. The average molecular weight is 444 g/mol. The zero-order chi connectivity index (χ0) is 22.9. The van der Waals surface area contributed by atoms with Crippen molar-refractivity contribution in [3.05, 3.63) is 60.0 Å². The zero-order valence-electron chi connectivity index (χ0n) is 18.5. The van der Waals surface area contributed by atoms with Gasteiger partial charge in [0.1, 0.15) is 17.7 Å². The highest BCUT2D eigenvalue weighted by Gasteiger charge is 2.20. The minimum Gasteiger partial charge on any atom is -0.368 e. The van der Waals surface area contributed by atoms with Crippen molar-refractivity contribution in [2.24, 2.45) is 18.7 Å². The van der Waals surface area contributed by atoms with E-state index in [4.69, 9.17) is 16.1 Å².